The number of nitrogens with two attached hydrogens (primary N) is 2. The molecule has 4 N–H and O–H groups in total. The van der Waals surface area contributed by atoms with Crippen molar-refractivity contribution in [2.75, 3.05) is 6.61 Å². The topological polar surface area (TPSA) is 112 Å². The van der Waals surface area contributed by atoms with Crippen molar-refractivity contribution in [1.82, 2.24) is 0 Å². The summed E-state index contributed by atoms with van der Waals surface area (Å²) in [6.45, 7) is 1.80. The summed E-state index contributed by atoms with van der Waals surface area (Å²) in [6, 6.07) is 7.25. The highest BCUT2D eigenvalue weighted by Crippen LogP contribution is 2.10. The van der Waals surface area contributed by atoms with Crippen LogP contribution < -0.4 is 11.5 Å². The third-order valence-corrected chi connectivity index (χ3v) is 2.70. The summed E-state index contributed by atoms with van der Waals surface area (Å²) in [5, 5.41) is 0. The van der Waals surface area contributed by atoms with Crippen molar-refractivity contribution in [2.45, 2.75) is 11.8 Å². The van der Waals surface area contributed by atoms with Crippen molar-refractivity contribution in [3.05, 3.63) is 30.3 Å². The van der Waals surface area contributed by atoms with E-state index in [1.807, 2.05) is 0 Å². The van der Waals surface area contributed by atoms with Gasteiger partial charge in [0, 0.05) is 0 Å². The van der Waals surface area contributed by atoms with Gasteiger partial charge in [-0.3, -0.25) is 4.18 Å². The van der Waals surface area contributed by atoms with Gasteiger partial charge in [-0.25, -0.2) is 4.79 Å². The number of amides is 2. The van der Waals surface area contributed by atoms with Gasteiger partial charge in [0.2, 0.25) is 0 Å². The quantitative estimate of drug-likeness (QED) is 0.753. The van der Waals surface area contributed by atoms with Crippen LogP contribution in [0.3, 0.4) is 0 Å². The van der Waals surface area contributed by atoms with Crippen LogP contribution in [-0.2, 0) is 14.3 Å². The van der Waals surface area contributed by atoms with Gasteiger partial charge in [-0.15, -0.1) is 0 Å². The zero-order valence-electron chi connectivity index (χ0n) is 8.79. The first kappa shape index (κ1) is 14.4. The maximum Gasteiger partial charge on any atom is 0.309 e. The van der Waals surface area contributed by atoms with E-state index in [4.69, 9.17) is 4.79 Å². The van der Waals surface area contributed by atoms with Crippen molar-refractivity contribution in [1.29, 1.82) is 0 Å². The normalized spacial score (nSPS) is 10.1. The average Bonchev–Trinajstić information content (AvgIpc) is 2.18. The Morgan fingerprint density at radius 1 is 1.25 bits per heavy atom. The van der Waals surface area contributed by atoms with Gasteiger partial charge in [0.25, 0.3) is 10.1 Å². The molecule has 7 heteroatoms. The Kier molecular flexibility index (Phi) is 6.12. The third kappa shape index (κ3) is 5.99. The van der Waals surface area contributed by atoms with Crippen LogP contribution in [0.25, 0.3) is 0 Å². The Bertz CT molecular complexity index is 412. The van der Waals surface area contributed by atoms with Gasteiger partial charge in [-0.1, -0.05) is 18.2 Å². The minimum absolute atomic E-state index is 0.164. The summed E-state index contributed by atoms with van der Waals surface area (Å²) in [4.78, 5) is 9.20. The summed E-state index contributed by atoms with van der Waals surface area (Å²) in [7, 11) is -3.51. The summed E-state index contributed by atoms with van der Waals surface area (Å²) < 4.78 is 27.0. The van der Waals surface area contributed by atoms with Crippen LogP contribution in [-0.4, -0.2) is 21.1 Å². The second kappa shape index (κ2) is 6.81. The molecule has 0 atom stereocenters. The van der Waals surface area contributed by atoms with E-state index in [1.165, 1.54) is 12.1 Å². The molecule has 0 spiro atoms. The molecule has 0 unspecified atom stereocenters. The Morgan fingerprint density at radius 3 is 2.06 bits per heavy atom. The van der Waals surface area contributed by atoms with E-state index < -0.39 is 16.1 Å². The van der Waals surface area contributed by atoms with Crippen LogP contribution in [0, 0.1) is 0 Å². The summed E-state index contributed by atoms with van der Waals surface area (Å²) in [5.41, 5.74) is 8.50. The van der Waals surface area contributed by atoms with Gasteiger partial charge in [-0.05, 0) is 19.1 Å². The minimum atomic E-state index is -3.51. The van der Waals surface area contributed by atoms with Crippen LogP contribution in [0.2, 0.25) is 0 Å². The number of rotatable bonds is 3. The van der Waals surface area contributed by atoms with Gasteiger partial charge in [0.1, 0.15) is 0 Å². The van der Waals surface area contributed by atoms with E-state index in [-0.39, 0.29) is 11.5 Å². The predicted molar refractivity (Wildman–Crippen MR) is 59.0 cm³/mol. The molecule has 90 valence electrons. The average molecular weight is 246 g/mol. The molecule has 6 nitrogen and oxygen atoms in total. The second-order valence-corrected chi connectivity index (χ2v) is 4.19. The number of carbonyl (C=O) groups excluding carboxylic acids is 1. The molecule has 0 heterocycles. The van der Waals surface area contributed by atoms with Crippen molar-refractivity contribution < 1.29 is 17.4 Å². The lowest BCUT2D eigenvalue weighted by molar-refractivity contribution is 0.256. The number of hydrogen-bond acceptors (Lipinski definition) is 4. The molecule has 1 aromatic carbocycles. The molecule has 2 amide bonds. The van der Waals surface area contributed by atoms with Crippen LogP contribution in [0.15, 0.2) is 35.2 Å². The molecule has 0 aliphatic rings. The standard InChI is InChI=1S/C8H10O3S.CH4N2O/c1-2-11-12(9,10)8-6-4-3-5-7-8;2-1(3)4/h3-7H,2H2,1H3;(H4,2,3,4). The van der Waals surface area contributed by atoms with E-state index in [0.717, 1.165) is 0 Å². The summed E-state index contributed by atoms with van der Waals surface area (Å²) in [6.07, 6.45) is 0. The molecular weight excluding hydrogens is 232 g/mol. The Morgan fingerprint density at radius 2 is 1.69 bits per heavy atom. The smallest absolute Gasteiger partial charge is 0.309 e. The lowest BCUT2D eigenvalue weighted by Gasteiger charge is -2.01. The second-order valence-electron chi connectivity index (χ2n) is 2.58. The fraction of sp³-hybridized carbons (Fsp3) is 0.222. The first-order valence-corrected chi connectivity index (χ1v) is 5.80. The molecule has 0 saturated carbocycles. The highest BCUT2D eigenvalue weighted by atomic mass is 32.2. The first-order valence-electron chi connectivity index (χ1n) is 4.39. The van der Waals surface area contributed by atoms with Gasteiger partial charge < -0.3 is 11.5 Å². The van der Waals surface area contributed by atoms with Crippen LogP contribution in [0.5, 0.6) is 0 Å². The van der Waals surface area contributed by atoms with Crippen molar-refractivity contribution >= 4 is 16.1 Å². The molecule has 0 fully saturated rings. The van der Waals surface area contributed by atoms with Gasteiger partial charge in [0.15, 0.2) is 0 Å². The molecule has 0 radical (unpaired) electrons. The number of primary amides is 2. The van der Waals surface area contributed by atoms with E-state index in [0.29, 0.717) is 0 Å². The molecular formula is C9H14N2O4S. The number of carbonyl (C=O) groups is 1. The summed E-state index contributed by atoms with van der Waals surface area (Å²) >= 11 is 0. The number of benzene rings is 1. The van der Waals surface area contributed by atoms with Crippen LogP contribution in [0.1, 0.15) is 6.92 Å². The Hall–Kier alpha value is -1.60. The SMILES string of the molecule is CCOS(=O)(=O)c1ccccc1.NC(N)=O. The van der Waals surface area contributed by atoms with Crippen LogP contribution >= 0.6 is 0 Å². The largest absolute Gasteiger partial charge is 0.352 e. The third-order valence-electron chi connectivity index (χ3n) is 1.30. The maximum absolute atomic E-state index is 11.2. The van der Waals surface area contributed by atoms with E-state index >= 15 is 0 Å². The molecule has 1 aromatic rings. The molecule has 1 rings (SSSR count). The van der Waals surface area contributed by atoms with E-state index in [1.54, 1.807) is 25.1 Å². The molecule has 16 heavy (non-hydrogen) atoms. The van der Waals surface area contributed by atoms with Crippen LogP contribution in [0.4, 0.5) is 4.79 Å². The number of urea groups is 1. The zero-order chi connectivity index (χ0) is 12.6. The molecule has 0 aliphatic carbocycles. The molecule has 0 saturated heterocycles. The van der Waals surface area contributed by atoms with Crippen molar-refractivity contribution in [3.63, 3.8) is 0 Å². The number of hydrogen-bond donors (Lipinski definition) is 2. The molecule has 0 aromatic heterocycles. The fourth-order valence-corrected chi connectivity index (χ4v) is 1.75. The molecule has 0 bridgehead atoms. The van der Waals surface area contributed by atoms with E-state index in [2.05, 4.69) is 15.7 Å². The van der Waals surface area contributed by atoms with Gasteiger partial charge in [0.05, 0.1) is 11.5 Å². The monoisotopic (exact) mass is 246 g/mol. The molecule has 0 aliphatic heterocycles. The lowest BCUT2D eigenvalue weighted by Crippen LogP contribution is -2.18. The first-order chi connectivity index (χ1) is 7.40. The fourth-order valence-electron chi connectivity index (χ4n) is 0.810. The Labute approximate surface area is 94.3 Å². The highest BCUT2D eigenvalue weighted by molar-refractivity contribution is 7.86. The maximum atomic E-state index is 11.2. The predicted octanol–water partition coefficient (Wildman–Crippen LogP) is 0.436. The van der Waals surface area contributed by atoms with Crippen molar-refractivity contribution in [3.8, 4) is 0 Å². The summed E-state index contributed by atoms with van der Waals surface area (Å²) in [5.74, 6) is 0. The Balaban J connectivity index is 0.000000487. The highest BCUT2D eigenvalue weighted by Gasteiger charge is 2.12. The van der Waals surface area contributed by atoms with Crippen molar-refractivity contribution in [2.24, 2.45) is 11.5 Å². The van der Waals surface area contributed by atoms with Gasteiger partial charge >= 0.3 is 6.03 Å². The van der Waals surface area contributed by atoms with Gasteiger partial charge in [-0.2, -0.15) is 8.42 Å². The minimum Gasteiger partial charge on any atom is -0.352 e. The lowest BCUT2D eigenvalue weighted by atomic mass is 10.4. The zero-order valence-corrected chi connectivity index (χ0v) is 9.61. The van der Waals surface area contributed by atoms with E-state index in [9.17, 15) is 8.42 Å².